The van der Waals surface area contributed by atoms with E-state index in [1.807, 2.05) is 0 Å². The summed E-state index contributed by atoms with van der Waals surface area (Å²) in [4.78, 5) is 13.4. The topological polar surface area (TPSA) is 81.6 Å². The third-order valence-electron chi connectivity index (χ3n) is 2.51. The molecule has 16 heavy (non-hydrogen) atoms. The highest BCUT2D eigenvalue weighted by atomic mass is 16.5. The summed E-state index contributed by atoms with van der Waals surface area (Å²) in [5.74, 6) is 0.650. The van der Waals surface area contributed by atoms with Crippen LogP contribution in [0.3, 0.4) is 0 Å². The number of anilines is 2. The number of ether oxygens (including phenoxy) is 1. The first-order valence-electron chi connectivity index (χ1n) is 5.25. The number of hydrogen-bond acceptors (Lipinski definition) is 4. The maximum Gasteiger partial charge on any atom is 0.265 e. The summed E-state index contributed by atoms with van der Waals surface area (Å²) in [6, 6.07) is 5.30. The van der Waals surface area contributed by atoms with Crippen molar-refractivity contribution in [1.29, 1.82) is 0 Å². The number of rotatable bonds is 3. The van der Waals surface area contributed by atoms with E-state index in [1.165, 1.54) is 0 Å². The summed E-state index contributed by atoms with van der Waals surface area (Å²) in [7, 11) is 0. The number of benzene rings is 1. The fourth-order valence-electron chi connectivity index (χ4n) is 1.71. The Hall–Kier alpha value is -1.75. The smallest absolute Gasteiger partial charge is 0.265 e. The molecule has 2 rings (SSSR count). The van der Waals surface area contributed by atoms with Crippen LogP contribution >= 0.6 is 0 Å². The Morgan fingerprint density at radius 2 is 2.25 bits per heavy atom. The van der Waals surface area contributed by atoms with Crippen molar-refractivity contribution in [3.8, 4) is 5.75 Å². The van der Waals surface area contributed by atoms with Crippen molar-refractivity contribution < 1.29 is 9.53 Å². The van der Waals surface area contributed by atoms with E-state index >= 15 is 0 Å². The van der Waals surface area contributed by atoms with Gasteiger partial charge in [0.25, 0.3) is 5.91 Å². The number of hydrogen-bond donors (Lipinski definition) is 2. The van der Waals surface area contributed by atoms with Crippen LogP contribution in [0.4, 0.5) is 11.4 Å². The van der Waals surface area contributed by atoms with Crippen LogP contribution in [0.25, 0.3) is 0 Å². The predicted octanol–water partition coefficient (Wildman–Crippen LogP) is 0.343. The summed E-state index contributed by atoms with van der Waals surface area (Å²) in [5.41, 5.74) is 12.5. The van der Waals surface area contributed by atoms with E-state index in [0.717, 1.165) is 12.1 Å². The number of nitrogens with two attached hydrogens (primary N) is 2. The Bertz CT molecular complexity index is 406. The zero-order valence-electron chi connectivity index (χ0n) is 8.98. The molecule has 1 aliphatic heterocycles. The molecule has 1 aliphatic rings. The minimum Gasteiger partial charge on any atom is -0.482 e. The van der Waals surface area contributed by atoms with E-state index in [9.17, 15) is 4.79 Å². The monoisotopic (exact) mass is 221 g/mol. The molecular formula is C11H15N3O2. The number of nitrogens with zero attached hydrogens (tertiary/aromatic N) is 1. The molecule has 0 spiro atoms. The Morgan fingerprint density at radius 1 is 1.44 bits per heavy atom. The summed E-state index contributed by atoms with van der Waals surface area (Å²) >= 11 is 0. The average Bonchev–Trinajstić information content (AvgIpc) is 2.28. The van der Waals surface area contributed by atoms with Gasteiger partial charge in [-0.1, -0.05) is 0 Å². The van der Waals surface area contributed by atoms with E-state index in [2.05, 4.69) is 0 Å². The first-order valence-corrected chi connectivity index (χ1v) is 5.25. The highest BCUT2D eigenvalue weighted by Gasteiger charge is 2.24. The highest BCUT2D eigenvalue weighted by Crippen LogP contribution is 2.33. The number of amides is 1. The van der Waals surface area contributed by atoms with E-state index in [-0.39, 0.29) is 12.5 Å². The quantitative estimate of drug-likeness (QED) is 0.721. The maximum atomic E-state index is 11.7. The predicted molar refractivity (Wildman–Crippen MR) is 62.4 cm³/mol. The van der Waals surface area contributed by atoms with Crippen LogP contribution in [0, 0.1) is 0 Å². The minimum atomic E-state index is -0.0495. The molecule has 1 amide bonds. The number of fused-ring (bicyclic) bond motifs is 1. The number of carbonyl (C=O) groups excluding carboxylic acids is 1. The minimum absolute atomic E-state index is 0.0495. The number of nitrogen functional groups attached to an aromatic ring is 1. The van der Waals surface area contributed by atoms with Gasteiger partial charge in [0.1, 0.15) is 5.75 Å². The lowest BCUT2D eigenvalue weighted by Gasteiger charge is -2.29. The maximum absolute atomic E-state index is 11.7. The summed E-state index contributed by atoms with van der Waals surface area (Å²) < 4.78 is 5.32. The van der Waals surface area contributed by atoms with Gasteiger partial charge in [0, 0.05) is 12.2 Å². The van der Waals surface area contributed by atoms with Gasteiger partial charge < -0.3 is 21.1 Å². The van der Waals surface area contributed by atoms with E-state index < -0.39 is 0 Å². The molecule has 0 aromatic heterocycles. The van der Waals surface area contributed by atoms with Crippen LogP contribution in [0.1, 0.15) is 6.42 Å². The largest absolute Gasteiger partial charge is 0.482 e. The third kappa shape index (κ3) is 1.94. The third-order valence-corrected chi connectivity index (χ3v) is 2.51. The first-order chi connectivity index (χ1) is 7.72. The van der Waals surface area contributed by atoms with Gasteiger partial charge >= 0.3 is 0 Å². The second-order valence-corrected chi connectivity index (χ2v) is 3.70. The molecule has 5 heteroatoms. The lowest BCUT2D eigenvalue weighted by atomic mass is 10.2. The molecule has 1 aromatic carbocycles. The van der Waals surface area contributed by atoms with Gasteiger partial charge in [-0.2, -0.15) is 0 Å². The fourth-order valence-corrected chi connectivity index (χ4v) is 1.71. The second kappa shape index (κ2) is 4.40. The van der Waals surface area contributed by atoms with Crippen LogP contribution in [-0.2, 0) is 4.79 Å². The number of carbonyl (C=O) groups is 1. The molecule has 0 saturated heterocycles. The van der Waals surface area contributed by atoms with Crippen LogP contribution in [-0.4, -0.2) is 25.6 Å². The lowest BCUT2D eigenvalue weighted by Crippen LogP contribution is -2.40. The molecule has 4 N–H and O–H groups in total. The summed E-state index contributed by atoms with van der Waals surface area (Å²) in [5, 5.41) is 0. The summed E-state index contributed by atoms with van der Waals surface area (Å²) in [6.07, 6.45) is 0.764. The summed E-state index contributed by atoms with van der Waals surface area (Å²) in [6.45, 7) is 1.25. The Balaban J connectivity index is 2.31. The molecule has 0 fully saturated rings. The van der Waals surface area contributed by atoms with Crippen molar-refractivity contribution in [2.24, 2.45) is 5.73 Å². The van der Waals surface area contributed by atoms with Crippen LogP contribution in [0.15, 0.2) is 18.2 Å². The highest BCUT2D eigenvalue weighted by molar-refractivity contribution is 5.98. The standard InChI is InChI=1S/C11H15N3O2/c12-4-1-5-14-9-6-8(13)2-3-10(9)16-7-11(14)15/h2-3,6H,1,4-5,7,12-13H2. The zero-order valence-corrected chi connectivity index (χ0v) is 8.98. The molecule has 1 aromatic rings. The van der Waals surface area contributed by atoms with E-state index in [4.69, 9.17) is 16.2 Å². The molecule has 0 radical (unpaired) electrons. The van der Waals surface area contributed by atoms with Crippen molar-refractivity contribution in [2.75, 3.05) is 30.3 Å². The molecule has 5 nitrogen and oxygen atoms in total. The molecule has 0 bridgehead atoms. The first kappa shape index (κ1) is 10.8. The van der Waals surface area contributed by atoms with Crippen LogP contribution in [0.5, 0.6) is 5.75 Å². The SMILES string of the molecule is NCCCN1C(=O)COc2ccc(N)cc21. The van der Waals surface area contributed by atoms with Gasteiger partial charge in [-0.15, -0.1) is 0 Å². The molecule has 0 saturated carbocycles. The Morgan fingerprint density at radius 3 is 3.00 bits per heavy atom. The second-order valence-electron chi connectivity index (χ2n) is 3.70. The van der Waals surface area contributed by atoms with Gasteiger partial charge in [-0.05, 0) is 31.2 Å². The molecule has 0 unspecified atom stereocenters. The van der Waals surface area contributed by atoms with E-state index in [1.54, 1.807) is 23.1 Å². The Labute approximate surface area is 94.0 Å². The van der Waals surface area contributed by atoms with E-state index in [0.29, 0.717) is 24.5 Å². The van der Waals surface area contributed by atoms with Crippen molar-refractivity contribution in [2.45, 2.75) is 6.42 Å². The lowest BCUT2D eigenvalue weighted by molar-refractivity contribution is -0.121. The van der Waals surface area contributed by atoms with Crippen molar-refractivity contribution in [3.05, 3.63) is 18.2 Å². The molecular weight excluding hydrogens is 206 g/mol. The average molecular weight is 221 g/mol. The van der Waals surface area contributed by atoms with Gasteiger partial charge in [0.05, 0.1) is 5.69 Å². The Kier molecular flexibility index (Phi) is 2.96. The van der Waals surface area contributed by atoms with Crippen molar-refractivity contribution in [3.63, 3.8) is 0 Å². The van der Waals surface area contributed by atoms with Gasteiger partial charge in [0.2, 0.25) is 0 Å². The van der Waals surface area contributed by atoms with Gasteiger partial charge in [-0.3, -0.25) is 4.79 Å². The normalized spacial score (nSPS) is 14.6. The van der Waals surface area contributed by atoms with Crippen molar-refractivity contribution in [1.82, 2.24) is 0 Å². The molecule has 0 atom stereocenters. The van der Waals surface area contributed by atoms with Crippen molar-refractivity contribution >= 4 is 17.3 Å². The van der Waals surface area contributed by atoms with Crippen LogP contribution < -0.4 is 21.1 Å². The van der Waals surface area contributed by atoms with Gasteiger partial charge in [0.15, 0.2) is 6.61 Å². The zero-order chi connectivity index (χ0) is 11.5. The molecule has 1 heterocycles. The molecule has 0 aliphatic carbocycles. The fraction of sp³-hybridized carbons (Fsp3) is 0.364. The van der Waals surface area contributed by atoms with Crippen LogP contribution in [0.2, 0.25) is 0 Å². The van der Waals surface area contributed by atoms with Gasteiger partial charge in [-0.25, -0.2) is 0 Å². The molecule has 86 valence electrons.